The number of nitrogen functional groups attached to an aromatic ring is 1. The second-order valence-corrected chi connectivity index (χ2v) is 4.76. The van der Waals surface area contributed by atoms with E-state index in [4.69, 9.17) is 10.8 Å². The number of nitrogens with zero attached hydrogens (tertiary/aromatic N) is 1. The van der Waals surface area contributed by atoms with E-state index in [2.05, 4.69) is 10.3 Å². The highest BCUT2D eigenvalue weighted by atomic mass is 16.3. The zero-order valence-corrected chi connectivity index (χ0v) is 11.6. The molecule has 1 aromatic heterocycles. The lowest BCUT2D eigenvalue weighted by atomic mass is 10.1. The average molecular weight is 270 g/mol. The van der Waals surface area contributed by atoms with E-state index in [0.717, 1.165) is 6.42 Å². The molecular weight excluding hydrogens is 248 g/mol. The van der Waals surface area contributed by atoms with E-state index >= 15 is 0 Å². The first-order valence-electron chi connectivity index (χ1n) is 6.42. The maximum absolute atomic E-state index is 11.8. The van der Waals surface area contributed by atoms with Crippen molar-refractivity contribution in [3.05, 3.63) is 20.8 Å². The highest BCUT2D eigenvalue weighted by Gasteiger charge is 2.17. The van der Waals surface area contributed by atoms with Gasteiger partial charge in [-0.1, -0.05) is 13.8 Å². The number of aromatic amines is 1. The van der Waals surface area contributed by atoms with E-state index in [1.165, 1.54) is 4.57 Å². The Balaban J connectivity index is 3.17. The van der Waals surface area contributed by atoms with Crippen LogP contribution in [0.25, 0.3) is 0 Å². The third kappa shape index (κ3) is 3.37. The number of H-pyrrole nitrogens is 1. The molecule has 1 heterocycles. The quantitative estimate of drug-likeness (QED) is 0.579. The van der Waals surface area contributed by atoms with E-state index in [-0.39, 0.29) is 30.1 Å². The van der Waals surface area contributed by atoms with Crippen LogP contribution in [0.5, 0.6) is 0 Å². The predicted octanol–water partition coefficient (Wildman–Crippen LogP) is -0.0424. The topological polar surface area (TPSA) is 113 Å². The molecule has 0 radical (unpaired) electrons. The van der Waals surface area contributed by atoms with Crippen LogP contribution in [0, 0.1) is 5.92 Å². The van der Waals surface area contributed by atoms with Crippen LogP contribution < -0.4 is 22.3 Å². The number of anilines is 2. The van der Waals surface area contributed by atoms with Crippen LogP contribution in [-0.4, -0.2) is 27.3 Å². The molecule has 1 rings (SSSR count). The fourth-order valence-corrected chi connectivity index (χ4v) is 1.70. The molecule has 108 valence electrons. The number of hydrogen-bond acceptors (Lipinski definition) is 5. The first kappa shape index (κ1) is 15.3. The molecule has 2 atom stereocenters. The molecule has 1 aromatic rings. The summed E-state index contributed by atoms with van der Waals surface area (Å²) in [5, 5.41) is 12.1. The summed E-state index contributed by atoms with van der Waals surface area (Å²) in [5.74, 6) is 0.0953. The van der Waals surface area contributed by atoms with Gasteiger partial charge in [0.1, 0.15) is 11.5 Å². The molecule has 19 heavy (non-hydrogen) atoms. The second-order valence-electron chi connectivity index (χ2n) is 4.76. The largest absolute Gasteiger partial charge is 0.396 e. The number of aliphatic hydroxyl groups is 1. The molecule has 5 N–H and O–H groups in total. The Hall–Kier alpha value is -1.76. The molecule has 0 aliphatic carbocycles. The minimum absolute atomic E-state index is 0.000571. The van der Waals surface area contributed by atoms with Gasteiger partial charge in [-0.15, -0.1) is 0 Å². The number of hydrogen-bond donors (Lipinski definition) is 4. The third-order valence-corrected chi connectivity index (χ3v) is 3.20. The Bertz CT molecular complexity index is 535. The Morgan fingerprint density at radius 3 is 2.58 bits per heavy atom. The summed E-state index contributed by atoms with van der Waals surface area (Å²) in [6, 6.07) is -0.138. The number of rotatable bonds is 6. The summed E-state index contributed by atoms with van der Waals surface area (Å²) in [4.78, 5) is 25.7. The van der Waals surface area contributed by atoms with E-state index in [1.807, 2.05) is 20.8 Å². The van der Waals surface area contributed by atoms with Crippen molar-refractivity contribution in [1.29, 1.82) is 0 Å². The van der Waals surface area contributed by atoms with Crippen LogP contribution in [0.2, 0.25) is 0 Å². The molecule has 0 amide bonds. The van der Waals surface area contributed by atoms with E-state index in [1.54, 1.807) is 0 Å². The van der Waals surface area contributed by atoms with Crippen molar-refractivity contribution in [2.24, 2.45) is 5.92 Å². The van der Waals surface area contributed by atoms with Crippen LogP contribution in [0.15, 0.2) is 9.59 Å². The number of aliphatic hydroxyl groups excluding tert-OH is 1. The highest BCUT2D eigenvalue weighted by molar-refractivity contribution is 5.60. The maximum atomic E-state index is 11.8. The number of nitrogens with two attached hydrogens (primary N) is 1. The normalized spacial score (nSPS) is 14.1. The van der Waals surface area contributed by atoms with Crippen molar-refractivity contribution in [3.63, 3.8) is 0 Å². The van der Waals surface area contributed by atoms with Gasteiger partial charge in [0.25, 0.3) is 5.56 Å². The Morgan fingerprint density at radius 2 is 2.05 bits per heavy atom. The zero-order chi connectivity index (χ0) is 14.6. The summed E-state index contributed by atoms with van der Waals surface area (Å²) in [7, 11) is 0. The molecule has 0 aromatic carbocycles. The first-order valence-corrected chi connectivity index (χ1v) is 6.42. The molecule has 0 saturated heterocycles. The van der Waals surface area contributed by atoms with Gasteiger partial charge >= 0.3 is 5.69 Å². The smallest absolute Gasteiger partial charge is 0.330 e. The van der Waals surface area contributed by atoms with Gasteiger partial charge < -0.3 is 16.2 Å². The average Bonchev–Trinajstić information content (AvgIpc) is 2.38. The molecular formula is C12H22N4O3. The summed E-state index contributed by atoms with van der Waals surface area (Å²) >= 11 is 0. The van der Waals surface area contributed by atoms with Crippen LogP contribution >= 0.6 is 0 Å². The highest BCUT2D eigenvalue weighted by Crippen LogP contribution is 2.14. The van der Waals surface area contributed by atoms with Crippen molar-refractivity contribution in [1.82, 2.24) is 9.55 Å². The van der Waals surface area contributed by atoms with Crippen LogP contribution in [-0.2, 0) is 6.54 Å². The van der Waals surface area contributed by atoms with Crippen LogP contribution in [0.3, 0.4) is 0 Å². The predicted molar refractivity (Wildman–Crippen MR) is 75.4 cm³/mol. The minimum atomic E-state index is -0.535. The van der Waals surface area contributed by atoms with Crippen molar-refractivity contribution >= 4 is 11.5 Å². The first-order chi connectivity index (χ1) is 8.92. The third-order valence-electron chi connectivity index (χ3n) is 3.20. The molecule has 2 unspecified atom stereocenters. The summed E-state index contributed by atoms with van der Waals surface area (Å²) in [6.45, 7) is 6.06. The van der Waals surface area contributed by atoms with Gasteiger partial charge in [-0.05, 0) is 19.3 Å². The zero-order valence-electron chi connectivity index (χ0n) is 11.6. The van der Waals surface area contributed by atoms with Gasteiger partial charge in [0, 0.05) is 19.2 Å². The lowest BCUT2D eigenvalue weighted by molar-refractivity contribution is 0.226. The minimum Gasteiger partial charge on any atom is -0.396 e. The Kier molecular flexibility index (Phi) is 5.17. The van der Waals surface area contributed by atoms with Gasteiger partial charge in [-0.25, -0.2) is 4.79 Å². The molecule has 0 aliphatic heterocycles. The number of nitrogens with one attached hydrogen (secondary N) is 2. The van der Waals surface area contributed by atoms with Gasteiger partial charge in [0.05, 0.1) is 0 Å². The second kappa shape index (κ2) is 6.42. The van der Waals surface area contributed by atoms with E-state index < -0.39 is 11.2 Å². The van der Waals surface area contributed by atoms with Crippen LogP contribution in [0.4, 0.5) is 11.5 Å². The Morgan fingerprint density at radius 1 is 1.42 bits per heavy atom. The standard InChI is InChI=1S/C12H22N4O3/c1-4-5-16-10(13)9(11(18)15-12(16)19)14-8(3)7(2)6-17/h7-8,14,17H,4-6,13H2,1-3H3,(H,15,18,19). The molecule has 0 bridgehead atoms. The summed E-state index contributed by atoms with van der Waals surface area (Å²) < 4.78 is 1.33. The van der Waals surface area contributed by atoms with Gasteiger partial charge in [0.2, 0.25) is 0 Å². The van der Waals surface area contributed by atoms with E-state index in [9.17, 15) is 9.59 Å². The molecule has 0 fully saturated rings. The van der Waals surface area contributed by atoms with Crippen molar-refractivity contribution < 1.29 is 5.11 Å². The molecule has 7 nitrogen and oxygen atoms in total. The van der Waals surface area contributed by atoms with E-state index in [0.29, 0.717) is 6.54 Å². The van der Waals surface area contributed by atoms with Crippen molar-refractivity contribution in [3.8, 4) is 0 Å². The molecule has 0 spiro atoms. The summed E-state index contributed by atoms with van der Waals surface area (Å²) in [5.41, 5.74) is 5.02. The lowest BCUT2D eigenvalue weighted by Crippen LogP contribution is -2.37. The monoisotopic (exact) mass is 270 g/mol. The number of aromatic nitrogens is 2. The SMILES string of the molecule is CCCn1c(N)c(NC(C)C(C)CO)c(=O)[nH]c1=O. The van der Waals surface area contributed by atoms with Gasteiger partial charge in [0.15, 0.2) is 0 Å². The molecule has 0 saturated carbocycles. The Labute approximate surface area is 111 Å². The maximum Gasteiger partial charge on any atom is 0.330 e. The summed E-state index contributed by atoms with van der Waals surface area (Å²) in [6.07, 6.45) is 0.734. The molecule has 7 heteroatoms. The fraction of sp³-hybridized carbons (Fsp3) is 0.667. The van der Waals surface area contributed by atoms with Crippen molar-refractivity contribution in [2.45, 2.75) is 39.8 Å². The molecule has 0 aliphatic rings. The van der Waals surface area contributed by atoms with Crippen LogP contribution in [0.1, 0.15) is 27.2 Å². The fourth-order valence-electron chi connectivity index (χ4n) is 1.70. The van der Waals surface area contributed by atoms with Crippen molar-refractivity contribution in [2.75, 3.05) is 17.7 Å². The van der Waals surface area contributed by atoms with Gasteiger partial charge in [-0.2, -0.15) is 0 Å². The van der Waals surface area contributed by atoms with Gasteiger partial charge in [-0.3, -0.25) is 14.3 Å². The lowest BCUT2D eigenvalue weighted by Gasteiger charge is -2.21.